The molecule has 1 fully saturated rings. The highest BCUT2D eigenvalue weighted by Crippen LogP contribution is 2.22. The molecular weight excluding hydrogens is 264 g/mol. The molecule has 6 heteroatoms. The van der Waals surface area contributed by atoms with Gasteiger partial charge in [0, 0.05) is 31.9 Å². The Kier molecular flexibility index (Phi) is 5.38. The van der Waals surface area contributed by atoms with E-state index in [1.165, 1.54) is 0 Å². The molecule has 1 aromatic heterocycles. The molecule has 2 unspecified atom stereocenters. The van der Waals surface area contributed by atoms with Crippen LogP contribution in [0.2, 0.25) is 0 Å². The van der Waals surface area contributed by atoms with Crippen LogP contribution in [0.1, 0.15) is 42.2 Å². The van der Waals surface area contributed by atoms with Crippen molar-refractivity contribution in [1.82, 2.24) is 14.7 Å². The lowest BCUT2D eigenvalue weighted by molar-refractivity contribution is 0.0583. The fourth-order valence-electron chi connectivity index (χ4n) is 2.72. The minimum absolute atomic E-state index is 0. The van der Waals surface area contributed by atoms with Gasteiger partial charge in [0.2, 0.25) is 0 Å². The van der Waals surface area contributed by atoms with E-state index in [-0.39, 0.29) is 30.4 Å². The van der Waals surface area contributed by atoms with Gasteiger partial charge in [0.05, 0.1) is 11.3 Å². The third kappa shape index (κ3) is 3.28. The Morgan fingerprint density at radius 2 is 2.21 bits per heavy atom. The predicted molar refractivity (Wildman–Crippen MR) is 77.5 cm³/mol. The first kappa shape index (κ1) is 16.0. The first-order chi connectivity index (χ1) is 8.50. The number of hydrogen-bond acceptors (Lipinski definition) is 3. The summed E-state index contributed by atoms with van der Waals surface area (Å²) in [6.07, 6.45) is 5.02. The summed E-state index contributed by atoms with van der Waals surface area (Å²) < 4.78 is 1.69. The van der Waals surface area contributed by atoms with Gasteiger partial charge in [-0.3, -0.25) is 9.48 Å². The van der Waals surface area contributed by atoms with Crippen LogP contribution in [0, 0.1) is 6.92 Å². The highest BCUT2D eigenvalue weighted by molar-refractivity contribution is 5.95. The van der Waals surface area contributed by atoms with Gasteiger partial charge in [-0.25, -0.2) is 0 Å². The number of aromatic nitrogens is 2. The average Bonchev–Trinajstić information content (AvgIpc) is 2.67. The number of aryl methyl sites for hydroxylation is 2. The number of amides is 1. The van der Waals surface area contributed by atoms with E-state index in [4.69, 9.17) is 5.73 Å². The van der Waals surface area contributed by atoms with Crippen LogP contribution < -0.4 is 5.73 Å². The number of rotatable bonds is 2. The second-order valence-corrected chi connectivity index (χ2v) is 5.22. The van der Waals surface area contributed by atoms with Gasteiger partial charge in [-0.15, -0.1) is 12.4 Å². The van der Waals surface area contributed by atoms with Crippen molar-refractivity contribution >= 4 is 18.3 Å². The molecule has 0 aliphatic carbocycles. The Bertz CT molecular complexity index is 444. The first-order valence-corrected chi connectivity index (χ1v) is 6.57. The standard InChI is InChI=1S/C13H22N4O.ClH/c1-9(14)12-6-4-5-7-17(12)13(18)11-8-16(3)15-10(11)2;/h8-9,12H,4-7,14H2,1-3H3;1H. The van der Waals surface area contributed by atoms with Gasteiger partial charge in [0.15, 0.2) is 0 Å². The molecule has 5 nitrogen and oxygen atoms in total. The van der Waals surface area contributed by atoms with E-state index >= 15 is 0 Å². The van der Waals surface area contributed by atoms with E-state index in [9.17, 15) is 4.79 Å². The Labute approximate surface area is 120 Å². The third-order valence-corrected chi connectivity index (χ3v) is 3.66. The monoisotopic (exact) mass is 286 g/mol. The van der Waals surface area contributed by atoms with Gasteiger partial charge in [-0.05, 0) is 33.1 Å². The van der Waals surface area contributed by atoms with Crippen LogP contribution in [-0.2, 0) is 7.05 Å². The number of piperidine rings is 1. The molecule has 0 aromatic carbocycles. The molecule has 0 bridgehead atoms. The number of nitrogens with two attached hydrogens (primary N) is 1. The molecule has 0 radical (unpaired) electrons. The molecule has 0 saturated carbocycles. The lowest BCUT2D eigenvalue weighted by atomic mass is 9.96. The van der Waals surface area contributed by atoms with Gasteiger partial charge in [0.1, 0.15) is 0 Å². The summed E-state index contributed by atoms with van der Waals surface area (Å²) >= 11 is 0. The Morgan fingerprint density at radius 3 is 2.74 bits per heavy atom. The van der Waals surface area contributed by atoms with Gasteiger partial charge in [0.25, 0.3) is 5.91 Å². The topological polar surface area (TPSA) is 64.2 Å². The van der Waals surface area contributed by atoms with Gasteiger partial charge in [-0.2, -0.15) is 5.10 Å². The van der Waals surface area contributed by atoms with E-state index in [1.807, 2.05) is 25.8 Å². The summed E-state index contributed by atoms with van der Waals surface area (Å²) in [6, 6.07) is 0.178. The van der Waals surface area contributed by atoms with Gasteiger partial charge in [-0.1, -0.05) is 0 Å². The zero-order chi connectivity index (χ0) is 13.3. The van der Waals surface area contributed by atoms with Crippen LogP contribution in [0.5, 0.6) is 0 Å². The van der Waals surface area contributed by atoms with Crippen LogP contribution >= 0.6 is 12.4 Å². The molecule has 108 valence electrons. The van der Waals surface area contributed by atoms with E-state index < -0.39 is 0 Å². The summed E-state index contributed by atoms with van der Waals surface area (Å²) in [4.78, 5) is 14.5. The van der Waals surface area contributed by atoms with Crippen LogP contribution in [0.3, 0.4) is 0 Å². The van der Waals surface area contributed by atoms with Crippen LogP contribution in [0.25, 0.3) is 0 Å². The third-order valence-electron chi connectivity index (χ3n) is 3.66. The van der Waals surface area contributed by atoms with Crippen molar-refractivity contribution in [3.63, 3.8) is 0 Å². The van der Waals surface area contributed by atoms with Crippen molar-refractivity contribution in [2.24, 2.45) is 12.8 Å². The fourth-order valence-corrected chi connectivity index (χ4v) is 2.72. The molecule has 1 aliphatic heterocycles. The maximum Gasteiger partial charge on any atom is 0.257 e. The average molecular weight is 287 g/mol. The van der Waals surface area contributed by atoms with Crippen LogP contribution in [-0.4, -0.2) is 39.2 Å². The zero-order valence-corrected chi connectivity index (χ0v) is 12.6. The molecule has 2 atom stereocenters. The summed E-state index contributed by atoms with van der Waals surface area (Å²) in [5, 5.41) is 4.23. The Balaban J connectivity index is 0.00000180. The van der Waals surface area contributed by atoms with E-state index in [1.54, 1.807) is 10.9 Å². The molecule has 2 N–H and O–H groups in total. The molecular formula is C13H23ClN4O. The normalized spacial score (nSPS) is 20.8. The van der Waals surface area contributed by atoms with E-state index in [0.717, 1.165) is 31.5 Å². The molecule has 1 saturated heterocycles. The highest BCUT2D eigenvalue weighted by atomic mass is 35.5. The summed E-state index contributed by atoms with van der Waals surface area (Å²) in [6.45, 7) is 4.66. The number of nitrogens with zero attached hydrogens (tertiary/aromatic N) is 3. The lowest BCUT2D eigenvalue weighted by Gasteiger charge is -2.38. The van der Waals surface area contributed by atoms with Crippen LogP contribution in [0.4, 0.5) is 0 Å². The van der Waals surface area contributed by atoms with Crippen molar-refractivity contribution in [1.29, 1.82) is 0 Å². The number of halogens is 1. The maximum atomic E-state index is 12.6. The second kappa shape index (κ2) is 6.39. The van der Waals surface area contributed by atoms with Crippen molar-refractivity contribution in [2.75, 3.05) is 6.54 Å². The molecule has 19 heavy (non-hydrogen) atoms. The quantitative estimate of drug-likeness (QED) is 0.896. The molecule has 1 amide bonds. The van der Waals surface area contributed by atoms with Gasteiger partial charge >= 0.3 is 0 Å². The van der Waals surface area contributed by atoms with Crippen molar-refractivity contribution < 1.29 is 4.79 Å². The minimum atomic E-state index is 0. The summed E-state index contributed by atoms with van der Waals surface area (Å²) in [7, 11) is 1.84. The first-order valence-electron chi connectivity index (χ1n) is 6.57. The molecule has 2 rings (SSSR count). The molecule has 2 heterocycles. The lowest BCUT2D eigenvalue weighted by Crippen LogP contribution is -2.51. The SMILES string of the molecule is Cc1nn(C)cc1C(=O)N1CCCCC1C(C)N.Cl. The second-order valence-electron chi connectivity index (χ2n) is 5.22. The largest absolute Gasteiger partial charge is 0.334 e. The molecule has 1 aliphatic rings. The van der Waals surface area contributed by atoms with Crippen molar-refractivity contribution in [2.45, 2.75) is 45.2 Å². The van der Waals surface area contributed by atoms with Crippen LogP contribution in [0.15, 0.2) is 6.20 Å². The number of likely N-dealkylation sites (tertiary alicyclic amines) is 1. The number of carbonyl (C=O) groups excluding carboxylic acids is 1. The highest BCUT2D eigenvalue weighted by Gasteiger charge is 2.31. The Morgan fingerprint density at radius 1 is 1.53 bits per heavy atom. The van der Waals surface area contributed by atoms with E-state index in [2.05, 4.69) is 5.10 Å². The van der Waals surface area contributed by atoms with Crippen molar-refractivity contribution in [3.8, 4) is 0 Å². The molecule has 0 spiro atoms. The zero-order valence-electron chi connectivity index (χ0n) is 11.8. The maximum absolute atomic E-state index is 12.6. The summed E-state index contributed by atoms with van der Waals surface area (Å²) in [5.41, 5.74) is 7.49. The fraction of sp³-hybridized carbons (Fsp3) is 0.692. The summed E-state index contributed by atoms with van der Waals surface area (Å²) in [5.74, 6) is 0.0719. The molecule has 1 aromatic rings. The number of carbonyl (C=O) groups is 1. The smallest absolute Gasteiger partial charge is 0.257 e. The van der Waals surface area contributed by atoms with E-state index in [0.29, 0.717) is 5.56 Å². The Hall–Kier alpha value is -1.07. The minimum Gasteiger partial charge on any atom is -0.334 e. The predicted octanol–water partition coefficient (Wildman–Crippen LogP) is 1.49. The van der Waals surface area contributed by atoms with Gasteiger partial charge < -0.3 is 10.6 Å². The number of hydrogen-bond donors (Lipinski definition) is 1. The van der Waals surface area contributed by atoms with Crippen molar-refractivity contribution in [3.05, 3.63) is 17.5 Å².